The lowest BCUT2D eigenvalue weighted by atomic mass is 9.94. The third-order valence-electron chi connectivity index (χ3n) is 4.99. The third-order valence-corrected chi connectivity index (χ3v) is 6.21. The lowest BCUT2D eigenvalue weighted by Gasteiger charge is -2.25. The number of anilines is 1. The first-order chi connectivity index (χ1) is 12.7. The Kier molecular flexibility index (Phi) is 3.60. The van der Waals surface area contributed by atoms with Gasteiger partial charge in [-0.15, -0.1) is 11.3 Å². The first kappa shape index (κ1) is 15.6. The zero-order valence-corrected chi connectivity index (χ0v) is 14.8. The van der Waals surface area contributed by atoms with Gasteiger partial charge >= 0.3 is 0 Å². The number of hydrogen-bond donors (Lipinski definition) is 2. The molecule has 1 atom stereocenters. The maximum absolute atomic E-state index is 13.1. The van der Waals surface area contributed by atoms with Gasteiger partial charge in [0.1, 0.15) is 22.3 Å². The highest BCUT2D eigenvalue weighted by Gasteiger charge is 2.33. The number of carbonyl (C=O) groups is 1. The van der Waals surface area contributed by atoms with Crippen LogP contribution in [0.2, 0.25) is 0 Å². The van der Waals surface area contributed by atoms with Crippen molar-refractivity contribution in [3.05, 3.63) is 64.0 Å². The molecule has 26 heavy (non-hydrogen) atoms. The normalized spacial score (nSPS) is 18.7. The van der Waals surface area contributed by atoms with Crippen LogP contribution in [0.25, 0.3) is 11.3 Å². The lowest BCUT2D eigenvalue weighted by Crippen LogP contribution is -2.38. The number of rotatable bonds is 2. The zero-order valence-electron chi connectivity index (χ0n) is 14.0. The van der Waals surface area contributed by atoms with Crippen LogP contribution >= 0.6 is 11.3 Å². The van der Waals surface area contributed by atoms with Crippen molar-refractivity contribution in [1.29, 1.82) is 0 Å². The molecule has 0 spiro atoms. The molecule has 6 heteroatoms. The minimum absolute atomic E-state index is 0.0390. The summed E-state index contributed by atoms with van der Waals surface area (Å²) in [7, 11) is 0. The van der Waals surface area contributed by atoms with Gasteiger partial charge in [0.25, 0.3) is 5.91 Å². The van der Waals surface area contributed by atoms with Gasteiger partial charge in [0, 0.05) is 10.4 Å². The molecule has 0 fully saturated rings. The molecule has 0 saturated carbocycles. The maximum atomic E-state index is 13.1. The van der Waals surface area contributed by atoms with Crippen molar-refractivity contribution in [3.8, 4) is 11.3 Å². The summed E-state index contributed by atoms with van der Waals surface area (Å²) < 4.78 is 19.0. The Labute approximate surface area is 154 Å². The van der Waals surface area contributed by atoms with Gasteiger partial charge < -0.3 is 15.1 Å². The second kappa shape index (κ2) is 5.99. The summed E-state index contributed by atoms with van der Waals surface area (Å²) in [6.07, 6.45) is 3.98. The van der Waals surface area contributed by atoms with E-state index in [4.69, 9.17) is 4.42 Å². The Balaban J connectivity index is 1.44. The van der Waals surface area contributed by atoms with E-state index in [1.54, 1.807) is 23.5 Å². The fraction of sp³-hybridized carbons (Fsp3) is 0.250. The molecule has 1 aliphatic carbocycles. The van der Waals surface area contributed by atoms with E-state index in [2.05, 4.69) is 10.6 Å². The number of aryl methyl sites for hydroxylation is 1. The van der Waals surface area contributed by atoms with E-state index in [9.17, 15) is 9.18 Å². The number of halogens is 1. The Hall–Kier alpha value is -2.60. The van der Waals surface area contributed by atoms with Crippen molar-refractivity contribution in [3.63, 3.8) is 0 Å². The van der Waals surface area contributed by atoms with Crippen LogP contribution in [-0.4, -0.2) is 5.91 Å². The summed E-state index contributed by atoms with van der Waals surface area (Å²) in [5.74, 6) is 0.959. The van der Waals surface area contributed by atoms with E-state index in [1.165, 1.54) is 29.0 Å². The topological polar surface area (TPSA) is 54.3 Å². The Morgan fingerprint density at radius 2 is 1.85 bits per heavy atom. The summed E-state index contributed by atoms with van der Waals surface area (Å²) >= 11 is 1.69. The van der Waals surface area contributed by atoms with Gasteiger partial charge in [0.15, 0.2) is 6.17 Å². The molecule has 1 aliphatic heterocycles. The van der Waals surface area contributed by atoms with E-state index in [-0.39, 0.29) is 11.7 Å². The van der Waals surface area contributed by atoms with Crippen LogP contribution in [0.15, 0.2) is 40.8 Å². The summed E-state index contributed by atoms with van der Waals surface area (Å²) in [6, 6.07) is 9.84. The average molecular weight is 368 g/mol. The van der Waals surface area contributed by atoms with E-state index in [0.29, 0.717) is 11.5 Å². The number of thiophene rings is 1. The smallest absolute Gasteiger partial charge is 0.256 e. The van der Waals surface area contributed by atoms with Gasteiger partial charge in [-0.3, -0.25) is 4.79 Å². The molecule has 2 N–H and O–H groups in total. The molecule has 2 aliphatic rings. The molecule has 1 amide bonds. The second-order valence-corrected chi connectivity index (χ2v) is 7.78. The van der Waals surface area contributed by atoms with Gasteiger partial charge in [-0.25, -0.2) is 4.39 Å². The monoisotopic (exact) mass is 368 g/mol. The van der Waals surface area contributed by atoms with Gasteiger partial charge in [-0.05, 0) is 67.6 Å². The molecule has 132 valence electrons. The number of amides is 1. The predicted octanol–water partition coefficient (Wildman–Crippen LogP) is 4.88. The van der Waals surface area contributed by atoms with Crippen molar-refractivity contribution >= 4 is 22.2 Å². The number of fused-ring (bicyclic) bond motifs is 3. The van der Waals surface area contributed by atoms with Crippen LogP contribution in [-0.2, 0) is 12.8 Å². The van der Waals surface area contributed by atoms with Crippen molar-refractivity contribution in [1.82, 2.24) is 5.32 Å². The quantitative estimate of drug-likeness (QED) is 0.678. The standard InChI is InChI=1S/C20H17FN2O2S/c21-12-7-5-11(6-8-12)14-9-10-15(25-14)18-22-19(24)17-13-3-1-2-4-16(13)26-20(17)23-18/h5-10,18,23H,1-4H2,(H,22,24). The minimum atomic E-state index is -0.399. The molecule has 1 aromatic carbocycles. The molecule has 1 unspecified atom stereocenters. The SMILES string of the molecule is O=C1NC(c2ccc(-c3ccc(F)cc3)o2)Nc2sc3c(c21)CCCC3. The van der Waals surface area contributed by atoms with E-state index < -0.39 is 6.17 Å². The second-order valence-electron chi connectivity index (χ2n) is 6.67. The van der Waals surface area contributed by atoms with Crippen LogP contribution in [0.3, 0.4) is 0 Å². The summed E-state index contributed by atoms with van der Waals surface area (Å²) in [5, 5.41) is 7.35. The fourth-order valence-corrected chi connectivity index (χ4v) is 5.01. The van der Waals surface area contributed by atoms with Crippen LogP contribution in [0.1, 0.15) is 45.6 Å². The molecule has 2 aromatic heterocycles. The van der Waals surface area contributed by atoms with Crippen molar-refractivity contribution in [2.75, 3.05) is 5.32 Å². The summed E-state index contributed by atoms with van der Waals surface area (Å²) in [4.78, 5) is 14.0. The van der Waals surface area contributed by atoms with E-state index >= 15 is 0 Å². The van der Waals surface area contributed by atoms with Crippen molar-refractivity contribution < 1.29 is 13.6 Å². The predicted molar refractivity (Wildman–Crippen MR) is 98.9 cm³/mol. The molecule has 3 aromatic rings. The first-order valence-electron chi connectivity index (χ1n) is 8.76. The molecule has 0 saturated heterocycles. The molecule has 3 heterocycles. The number of carbonyl (C=O) groups excluding carboxylic acids is 1. The van der Waals surface area contributed by atoms with Gasteiger partial charge in [-0.2, -0.15) is 0 Å². The highest BCUT2D eigenvalue weighted by atomic mass is 32.1. The molecule has 4 nitrogen and oxygen atoms in total. The number of hydrogen-bond acceptors (Lipinski definition) is 4. The molecule has 0 bridgehead atoms. The average Bonchev–Trinajstić information content (AvgIpc) is 3.27. The van der Waals surface area contributed by atoms with Gasteiger partial charge in [0.05, 0.1) is 5.56 Å². The van der Waals surface area contributed by atoms with Crippen LogP contribution in [0.4, 0.5) is 9.39 Å². The summed E-state index contributed by atoms with van der Waals surface area (Å²) in [5.41, 5.74) is 2.82. The molecular weight excluding hydrogens is 351 g/mol. The van der Waals surface area contributed by atoms with Crippen LogP contribution in [0, 0.1) is 5.82 Å². The Morgan fingerprint density at radius 1 is 1.04 bits per heavy atom. The highest BCUT2D eigenvalue weighted by molar-refractivity contribution is 7.16. The van der Waals surface area contributed by atoms with Crippen molar-refractivity contribution in [2.45, 2.75) is 31.8 Å². The lowest BCUT2D eigenvalue weighted by molar-refractivity contribution is 0.0930. The van der Waals surface area contributed by atoms with Gasteiger partial charge in [-0.1, -0.05) is 0 Å². The Bertz CT molecular complexity index is 990. The summed E-state index contributed by atoms with van der Waals surface area (Å²) in [6.45, 7) is 0. The fourth-order valence-electron chi connectivity index (χ4n) is 3.70. The van der Waals surface area contributed by atoms with Crippen molar-refractivity contribution in [2.24, 2.45) is 0 Å². The zero-order chi connectivity index (χ0) is 17.7. The highest BCUT2D eigenvalue weighted by Crippen LogP contribution is 2.41. The van der Waals surface area contributed by atoms with Crippen LogP contribution in [0.5, 0.6) is 0 Å². The first-order valence-corrected chi connectivity index (χ1v) is 9.58. The largest absolute Gasteiger partial charge is 0.457 e. The van der Waals surface area contributed by atoms with Gasteiger partial charge in [0.2, 0.25) is 0 Å². The van der Waals surface area contributed by atoms with Crippen LogP contribution < -0.4 is 10.6 Å². The number of nitrogens with one attached hydrogen (secondary N) is 2. The maximum Gasteiger partial charge on any atom is 0.256 e. The molecular formula is C20H17FN2O2S. The Morgan fingerprint density at radius 3 is 2.69 bits per heavy atom. The number of furan rings is 1. The third kappa shape index (κ3) is 2.52. The van der Waals surface area contributed by atoms with E-state index in [0.717, 1.165) is 35.4 Å². The molecule has 5 rings (SSSR count). The molecule has 0 radical (unpaired) electrons. The van der Waals surface area contributed by atoms with E-state index in [1.807, 2.05) is 12.1 Å². The number of benzene rings is 1. The minimum Gasteiger partial charge on any atom is -0.457 e.